The molecule has 0 bridgehead atoms. The van der Waals surface area contributed by atoms with Crippen molar-refractivity contribution in [3.63, 3.8) is 0 Å². The molecule has 2 aromatic rings. The van der Waals surface area contributed by atoms with Crippen molar-refractivity contribution in [2.45, 2.75) is 0 Å². The van der Waals surface area contributed by atoms with Gasteiger partial charge in [0.05, 0.1) is 5.56 Å². The molecule has 0 aromatic heterocycles. The van der Waals surface area contributed by atoms with E-state index in [4.69, 9.17) is 22.2 Å². The quantitative estimate of drug-likeness (QED) is 0.282. The minimum absolute atomic E-state index is 0.112. The average Bonchev–Trinajstić information content (AvgIpc) is 2.46. The van der Waals surface area contributed by atoms with Gasteiger partial charge in [0.25, 0.3) is 0 Å². The summed E-state index contributed by atoms with van der Waals surface area (Å²) in [7, 11) is 0. The van der Waals surface area contributed by atoms with Crippen molar-refractivity contribution >= 4 is 46.0 Å². The van der Waals surface area contributed by atoms with E-state index in [1.807, 2.05) is 12.1 Å². The highest BCUT2D eigenvalue weighted by molar-refractivity contribution is 14.1. The van der Waals surface area contributed by atoms with Crippen molar-refractivity contribution in [1.82, 2.24) is 0 Å². The number of benzene rings is 2. The van der Waals surface area contributed by atoms with Crippen LogP contribution in [0.5, 0.6) is 0 Å². The molecule has 0 aliphatic carbocycles. The lowest BCUT2D eigenvalue weighted by Gasteiger charge is -2.01. The van der Waals surface area contributed by atoms with Crippen LogP contribution in [0.4, 0.5) is 0 Å². The summed E-state index contributed by atoms with van der Waals surface area (Å²) in [6.45, 7) is 0. The molecule has 0 saturated carbocycles. The lowest BCUT2D eigenvalue weighted by molar-refractivity contribution is 0.0516. The molecule has 0 aliphatic heterocycles. The Bertz CT molecular complexity index is 639. The number of hydrogen-bond donors (Lipinski definition) is 1. The molecule has 0 fully saturated rings. The van der Waals surface area contributed by atoms with Crippen LogP contribution >= 0.6 is 34.2 Å². The van der Waals surface area contributed by atoms with Crippen LogP contribution in [0.15, 0.2) is 53.7 Å². The van der Waals surface area contributed by atoms with E-state index in [0.29, 0.717) is 16.1 Å². The van der Waals surface area contributed by atoms with Gasteiger partial charge < -0.3 is 10.6 Å². The third kappa shape index (κ3) is 3.94. The summed E-state index contributed by atoms with van der Waals surface area (Å²) >= 11 is 7.92. The van der Waals surface area contributed by atoms with E-state index >= 15 is 0 Å². The number of amidine groups is 1. The number of hydrogen-bond acceptors (Lipinski definition) is 3. The Morgan fingerprint density at radius 1 is 1.05 bits per heavy atom. The second-order valence-corrected chi connectivity index (χ2v) is 5.55. The van der Waals surface area contributed by atoms with Crippen molar-refractivity contribution in [3.05, 3.63) is 68.3 Å². The summed E-state index contributed by atoms with van der Waals surface area (Å²) in [5, 5.41) is 4.22. The predicted molar refractivity (Wildman–Crippen MR) is 86.8 cm³/mol. The van der Waals surface area contributed by atoms with E-state index in [9.17, 15) is 4.79 Å². The molecule has 6 heteroatoms. The van der Waals surface area contributed by atoms with Gasteiger partial charge in [-0.05, 0) is 71.1 Å². The summed E-state index contributed by atoms with van der Waals surface area (Å²) in [6.07, 6.45) is 0. The maximum absolute atomic E-state index is 11.7. The van der Waals surface area contributed by atoms with Gasteiger partial charge in [0, 0.05) is 14.2 Å². The van der Waals surface area contributed by atoms with Gasteiger partial charge in [-0.15, -0.1) is 0 Å². The molecule has 4 nitrogen and oxygen atoms in total. The second-order valence-electron chi connectivity index (χ2n) is 3.87. The Hall–Kier alpha value is -1.60. The molecule has 0 heterocycles. The van der Waals surface area contributed by atoms with E-state index < -0.39 is 5.97 Å². The largest absolute Gasteiger partial charge is 0.380 e. The average molecular weight is 401 g/mol. The molecular formula is C14H10ClIN2O2. The smallest absolute Gasteiger partial charge is 0.365 e. The summed E-state index contributed by atoms with van der Waals surface area (Å²) in [5.74, 6) is -0.446. The van der Waals surface area contributed by atoms with Crippen LogP contribution < -0.4 is 5.73 Å². The van der Waals surface area contributed by atoms with Gasteiger partial charge in [-0.1, -0.05) is 16.8 Å². The fourth-order valence-electron chi connectivity index (χ4n) is 1.40. The maximum Gasteiger partial charge on any atom is 0.365 e. The van der Waals surface area contributed by atoms with Crippen molar-refractivity contribution in [2.24, 2.45) is 10.9 Å². The van der Waals surface area contributed by atoms with Crippen molar-refractivity contribution < 1.29 is 9.63 Å². The molecule has 0 amide bonds. The molecule has 0 aliphatic rings. The van der Waals surface area contributed by atoms with Gasteiger partial charge in [0.1, 0.15) is 0 Å². The number of nitrogens with two attached hydrogens (primary N) is 1. The molecule has 0 saturated heterocycles. The molecule has 0 atom stereocenters. The van der Waals surface area contributed by atoms with Crippen LogP contribution in [0.1, 0.15) is 15.9 Å². The Morgan fingerprint density at radius 3 is 2.20 bits per heavy atom. The van der Waals surface area contributed by atoms with Crippen LogP contribution in [0, 0.1) is 3.57 Å². The van der Waals surface area contributed by atoms with Crippen LogP contribution in [0.3, 0.4) is 0 Å². The van der Waals surface area contributed by atoms with E-state index in [-0.39, 0.29) is 5.84 Å². The SMILES string of the molecule is N/C(=N/OC(=O)c1ccc(I)cc1)c1ccc(Cl)cc1. The first-order valence-electron chi connectivity index (χ1n) is 5.62. The Labute approximate surface area is 134 Å². The number of nitrogens with zero attached hydrogens (tertiary/aromatic N) is 1. The van der Waals surface area contributed by atoms with Crippen molar-refractivity contribution in [2.75, 3.05) is 0 Å². The van der Waals surface area contributed by atoms with Crippen LogP contribution in [-0.4, -0.2) is 11.8 Å². The Kier molecular flexibility index (Phi) is 4.97. The Morgan fingerprint density at radius 2 is 1.60 bits per heavy atom. The molecule has 102 valence electrons. The number of carbonyl (C=O) groups excluding carboxylic acids is 1. The fraction of sp³-hybridized carbons (Fsp3) is 0. The zero-order valence-corrected chi connectivity index (χ0v) is 13.1. The van der Waals surface area contributed by atoms with Crippen molar-refractivity contribution in [1.29, 1.82) is 0 Å². The summed E-state index contributed by atoms with van der Waals surface area (Å²) in [4.78, 5) is 16.5. The minimum Gasteiger partial charge on any atom is -0.380 e. The number of carbonyl (C=O) groups is 1. The monoisotopic (exact) mass is 400 g/mol. The van der Waals surface area contributed by atoms with E-state index in [1.165, 1.54) is 0 Å². The first-order valence-corrected chi connectivity index (χ1v) is 7.08. The highest BCUT2D eigenvalue weighted by Crippen LogP contribution is 2.10. The van der Waals surface area contributed by atoms with Gasteiger partial charge >= 0.3 is 5.97 Å². The van der Waals surface area contributed by atoms with E-state index in [0.717, 1.165) is 3.57 Å². The second kappa shape index (κ2) is 6.71. The van der Waals surface area contributed by atoms with Crippen LogP contribution in [-0.2, 0) is 4.84 Å². The molecular weight excluding hydrogens is 391 g/mol. The molecule has 0 unspecified atom stereocenters. The molecule has 2 N–H and O–H groups in total. The molecule has 2 aromatic carbocycles. The van der Waals surface area contributed by atoms with Crippen molar-refractivity contribution in [3.8, 4) is 0 Å². The number of oxime groups is 1. The third-order valence-corrected chi connectivity index (χ3v) is 3.42. The predicted octanol–water partition coefficient (Wildman–Crippen LogP) is 3.42. The third-order valence-electron chi connectivity index (χ3n) is 2.45. The first-order chi connectivity index (χ1) is 9.56. The highest BCUT2D eigenvalue weighted by atomic mass is 127. The fourth-order valence-corrected chi connectivity index (χ4v) is 1.89. The maximum atomic E-state index is 11.7. The molecule has 20 heavy (non-hydrogen) atoms. The minimum atomic E-state index is -0.557. The van der Waals surface area contributed by atoms with Gasteiger partial charge in [0.2, 0.25) is 0 Å². The summed E-state index contributed by atoms with van der Waals surface area (Å²) in [5.41, 5.74) is 6.77. The zero-order valence-electron chi connectivity index (χ0n) is 10.2. The molecule has 0 radical (unpaired) electrons. The van der Waals surface area contributed by atoms with Gasteiger partial charge in [-0.2, -0.15) is 0 Å². The molecule has 0 spiro atoms. The first kappa shape index (κ1) is 14.8. The topological polar surface area (TPSA) is 64.7 Å². The highest BCUT2D eigenvalue weighted by Gasteiger charge is 2.07. The summed E-state index contributed by atoms with van der Waals surface area (Å²) in [6, 6.07) is 13.7. The van der Waals surface area contributed by atoms with Gasteiger partial charge in [-0.3, -0.25) is 0 Å². The molecule has 2 rings (SSSR count). The van der Waals surface area contributed by atoms with E-state index in [1.54, 1.807) is 36.4 Å². The summed E-state index contributed by atoms with van der Waals surface area (Å²) < 4.78 is 1.03. The lowest BCUT2D eigenvalue weighted by Crippen LogP contribution is -2.15. The lowest BCUT2D eigenvalue weighted by atomic mass is 10.2. The standard InChI is InChI=1S/C14H10ClIN2O2/c15-11-5-1-9(2-6-11)13(17)18-20-14(19)10-3-7-12(16)8-4-10/h1-8H,(H2,17,18). The van der Waals surface area contributed by atoms with E-state index in [2.05, 4.69) is 27.7 Å². The normalized spacial score (nSPS) is 11.2. The number of rotatable bonds is 3. The van der Waals surface area contributed by atoms with Gasteiger partial charge in [0.15, 0.2) is 5.84 Å². The number of halogens is 2. The van der Waals surface area contributed by atoms with Gasteiger partial charge in [-0.25, -0.2) is 4.79 Å². The zero-order chi connectivity index (χ0) is 14.5. The van der Waals surface area contributed by atoms with Crippen LogP contribution in [0.25, 0.3) is 0 Å². The Balaban J connectivity index is 2.06. The van der Waals surface area contributed by atoms with Crippen LogP contribution in [0.2, 0.25) is 5.02 Å².